The normalized spacial score (nSPS) is 12.2. The van der Waals surface area contributed by atoms with Gasteiger partial charge >= 0.3 is 0 Å². The number of thiophene rings is 1. The average molecular weight is 282 g/mol. The summed E-state index contributed by atoms with van der Waals surface area (Å²) in [4.78, 5) is 12.0. The summed E-state index contributed by atoms with van der Waals surface area (Å²) in [5.74, 6) is 0.823. The van der Waals surface area contributed by atoms with Crippen molar-refractivity contribution < 1.29 is 9.53 Å². The first-order valence-corrected chi connectivity index (χ1v) is 7.38. The lowest BCUT2D eigenvalue weighted by Gasteiger charge is -2.17. The molecule has 1 atom stereocenters. The summed E-state index contributed by atoms with van der Waals surface area (Å²) >= 11 is 1.61. The molecule has 0 N–H and O–H groups in total. The van der Waals surface area contributed by atoms with E-state index in [0.29, 0.717) is 6.42 Å². The van der Waals surface area contributed by atoms with Crippen molar-refractivity contribution in [2.75, 3.05) is 0 Å². The maximum absolute atomic E-state index is 10.9. The molecule has 3 rings (SSSR count). The van der Waals surface area contributed by atoms with Gasteiger partial charge < -0.3 is 9.53 Å². The molecule has 1 aromatic heterocycles. The third kappa shape index (κ3) is 2.58. The van der Waals surface area contributed by atoms with E-state index in [4.69, 9.17) is 4.74 Å². The van der Waals surface area contributed by atoms with Crippen LogP contribution in [0.25, 0.3) is 10.8 Å². The Morgan fingerprint density at radius 3 is 2.70 bits per heavy atom. The van der Waals surface area contributed by atoms with Crippen molar-refractivity contribution in [3.8, 4) is 5.75 Å². The highest BCUT2D eigenvalue weighted by atomic mass is 32.1. The molecule has 3 heteroatoms. The van der Waals surface area contributed by atoms with Crippen molar-refractivity contribution in [3.63, 3.8) is 0 Å². The lowest BCUT2D eigenvalue weighted by atomic mass is 10.1. The largest absolute Gasteiger partial charge is 0.484 e. The first-order chi connectivity index (χ1) is 9.88. The average Bonchev–Trinajstić information content (AvgIpc) is 3.01. The molecule has 0 aliphatic rings. The molecule has 2 nitrogen and oxygen atoms in total. The minimum atomic E-state index is -0.210. The molecule has 100 valence electrons. The summed E-state index contributed by atoms with van der Waals surface area (Å²) in [6.07, 6.45) is 1.07. The molecule has 1 unspecified atom stereocenters. The number of ether oxygens (including phenoxy) is 1. The Morgan fingerprint density at radius 2 is 1.90 bits per heavy atom. The van der Waals surface area contributed by atoms with E-state index in [1.165, 1.54) is 0 Å². The van der Waals surface area contributed by atoms with Crippen molar-refractivity contribution in [2.45, 2.75) is 12.5 Å². The van der Waals surface area contributed by atoms with Gasteiger partial charge in [0.05, 0.1) is 0 Å². The van der Waals surface area contributed by atoms with Crippen LogP contribution in [0.1, 0.15) is 17.4 Å². The lowest BCUT2D eigenvalue weighted by molar-refractivity contribution is -0.109. The van der Waals surface area contributed by atoms with Gasteiger partial charge in [0.1, 0.15) is 18.1 Å². The number of fused-ring (bicyclic) bond motifs is 1. The van der Waals surface area contributed by atoms with Crippen LogP contribution in [0.5, 0.6) is 5.75 Å². The van der Waals surface area contributed by atoms with Crippen LogP contribution in [0.4, 0.5) is 0 Å². The zero-order chi connectivity index (χ0) is 13.8. The topological polar surface area (TPSA) is 26.3 Å². The summed E-state index contributed by atoms with van der Waals surface area (Å²) in [5.41, 5.74) is 0. The van der Waals surface area contributed by atoms with Gasteiger partial charge in [0.25, 0.3) is 0 Å². The quantitative estimate of drug-likeness (QED) is 0.639. The first-order valence-electron chi connectivity index (χ1n) is 6.50. The van der Waals surface area contributed by atoms with Crippen molar-refractivity contribution in [3.05, 3.63) is 64.9 Å². The van der Waals surface area contributed by atoms with Crippen LogP contribution in [0.15, 0.2) is 60.0 Å². The standard InChI is InChI=1S/C17H14O2S/c18-11-10-16(17-9-4-12-20-17)19-15-8-3-6-13-5-1-2-7-14(13)15/h1-9,11-12,16H,10H2. The Kier molecular flexibility index (Phi) is 3.79. The third-order valence-electron chi connectivity index (χ3n) is 3.19. The second kappa shape index (κ2) is 5.88. The number of carbonyl (C=O) groups excluding carboxylic acids is 1. The fraction of sp³-hybridized carbons (Fsp3) is 0.118. The van der Waals surface area contributed by atoms with E-state index >= 15 is 0 Å². The number of rotatable bonds is 5. The number of benzene rings is 2. The Morgan fingerprint density at radius 1 is 1.05 bits per heavy atom. The molecular weight excluding hydrogens is 268 g/mol. The monoisotopic (exact) mass is 282 g/mol. The predicted molar refractivity (Wildman–Crippen MR) is 82.3 cm³/mol. The smallest absolute Gasteiger partial charge is 0.139 e. The van der Waals surface area contributed by atoms with E-state index in [-0.39, 0.29) is 6.10 Å². The summed E-state index contributed by atoms with van der Waals surface area (Å²) in [6.45, 7) is 0. The highest BCUT2D eigenvalue weighted by Gasteiger charge is 2.15. The molecule has 0 amide bonds. The highest BCUT2D eigenvalue weighted by Crippen LogP contribution is 2.32. The van der Waals surface area contributed by atoms with Gasteiger partial charge in [0, 0.05) is 16.7 Å². The SMILES string of the molecule is O=CCC(Oc1cccc2ccccc12)c1cccs1. The van der Waals surface area contributed by atoms with Gasteiger partial charge in [-0.3, -0.25) is 0 Å². The fourth-order valence-corrected chi connectivity index (χ4v) is 3.00. The van der Waals surface area contributed by atoms with Gasteiger partial charge in [0.2, 0.25) is 0 Å². The van der Waals surface area contributed by atoms with E-state index in [1.54, 1.807) is 11.3 Å². The zero-order valence-electron chi connectivity index (χ0n) is 10.9. The summed E-state index contributed by atoms with van der Waals surface area (Å²) in [6, 6.07) is 18.1. The number of aldehydes is 1. The van der Waals surface area contributed by atoms with Crippen molar-refractivity contribution in [2.24, 2.45) is 0 Å². The second-order valence-corrected chi connectivity index (χ2v) is 5.48. The van der Waals surface area contributed by atoms with E-state index in [2.05, 4.69) is 12.1 Å². The molecule has 0 radical (unpaired) electrons. The Labute approximate surface area is 121 Å². The molecule has 2 aromatic carbocycles. The molecular formula is C17H14O2S. The minimum absolute atomic E-state index is 0.210. The van der Waals surface area contributed by atoms with E-state index in [9.17, 15) is 4.79 Å². The van der Waals surface area contributed by atoms with Crippen LogP contribution in [-0.2, 0) is 4.79 Å². The van der Waals surface area contributed by atoms with Crippen LogP contribution in [0, 0.1) is 0 Å². The van der Waals surface area contributed by atoms with Gasteiger partial charge in [-0.05, 0) is 22.9 Å². The van der Waals surface area contributed by atoms with E-state index in [0.717, 1.165) is 27.7 Å². The van der Waals surface area contributed by atoms with Gasteiger partial charge in [-0.25, -0.2) is 0 Å². The molecule has 0 saturated heterocycles. The van der Waals surface area contributed by atoms with Crippen LogP contribution in [0.2, 0.25) is 0 Å². The Bertz CT molecular complexity index is 699. The van der Waals surface area contributed by atoms with Crippen LogP contribution < -0.4 is 4.74 Å². The zero-order valence-corrected chi connectivity index (χ0v) is 11.7. The van der Waals surface area contributed by atoms with Gasteiger partial charge in [-0.15, -0.1) is 11.3 Å². The maximum Gasteiger partial charge on any atom is 0.139 e. The number of hydrogen-bond acceptors (Lipinski definition) is 3. The molecule has 0 fully saturated rings. The molecule has 1 heterocycles. The maximum atomic E-state index is 10.9. The molecule has 20 heavy (non-hydrogen) atoms. The third-order valence-corrected chi connectivity index (χ3v) is 4.15. The van der Waals surface area contributed by atoms with Gasteiger partial charge in [-0.2, -0.15) is 0 Å². The van der Waals surface area contributed by atoms with Crippen molar-refractivity contribution >= 4 is 28.4 Å². The fourth-order valence-electron chi connectivity index (χ4n) is 2.24. The molecule has 0 aliphatic carbocycles. The molecule has 3 aromatic rings. The van der Waals surface area contributed by atoms with Crippen molar-refractivity contribution in [1.82, 2.24) is 0 Å². The van der Waals surface area contributed by atoms with E-state index in [1.807, 2.05) is 47.8 Å². The summed E-state index contributed by atoms with van der Waals surface area (Å²) < 4.78 is 6.09. The van der Waals surface area contributed by atoms with Crippen molar-refractivity contribution in [1.29, 1.82) is 0 Å². The highest BCUT2D eigenvalue weighted by molar-refractivity contribution is 7.10. The molecule has 0 saturated carbocycles. The van der Waals surface area contributed by atoms with Gasteiger partial charge in [-0.1, -0.05) is 42.5 Å². The Balaban J connectivity index is 1.96. The first kappa shape index (κ1) is 12.9. The summed E-state index contributed by atoms with van der Waals surface area (Å²) in [5, 5.41) is 4.21. The lowest BCUT2D eigenvalue weighted by Crippen LogP contribution is -2.06. The number of hydrogen-bond donors (Lipinski definition) is 0. The Hall–Kier alpha value is -2.13. The van der Waals surface area contributed by atoms with Crippen LogP contribution >= 0.6 is 11.3 Å². The van der Waals surface area contributed by atoms with Crippen LogP contribution in [-0.4, -0.2) is 6.29 Å². The molecule has 0 bridgehead atoms. The van der Waals surface area contributed by atoms with Gasteiger partial charge in [0.15, 0.2) is 0 Å². The predicted octanol–water partition coefficient (Wildman–Crippen LogP) is 4.61. The molecule has 0 aliphatic heterocycles. The van der Waals surface area contributed by atoms with E-state index < -0.39 is 0 Å². The molecule has 0 spiro atoms. The number of carbonyl (C=O) groups is 1. The summed E-state index contributed by atoms with van der Waals surface area (Å²) in [7, 11) is 0. The second-order valence-electron chi connectivity index (χ2n) is 4.50. The minimum Gasteiger partial charge on any atom is -0.484 e. The van der Waals surface area contributed by atoms with Crippen LogP contribution in [0.3, 0.4) is 0 Å².